The number of nitrogens with zero attached hydrogens (tertiary/aromatic N) is 2. The summed E-state index contributed by atoms with van der Waals surface area (Å²) in [6.45, 7) is 0. The van der Waals surface area contributed by atoms with Gasteiger partial charge in [0.2, 0.25) is 5.89 Å². The van der Waals surface area contributed by atoms with Crippen molar-refractivity contribution in [1.82, 2.24) is 15.3 Å². The summed E-state index contributed by atoms with van der Waals surface area (Å²) in [4.78, 5) is 21.1. The van der Waals surface area contributed by atoms with Gasteiger partial charge in [0, 0.05) is 26.1 Å². The number of thiocarbonyl (C=S) groups is 1. The van der Waals surface area contributed by atoms with Crippen molar-refractivity contribution in [3.63, 3.8) is 0 Å². The number of nitrogens with one attached hydrogen (secondary N) is 2. The maximum absolute atomic E-state index is 12.5. The third-order valence-electron chi connectivity index (χ3n) is 4.00. The molecule has 0 aliphatic rings. The van der Waals surface area contributed by atoms with Crippen LogP contribution in [0.25, 0.3) is 22.6 Å². The average Bonchev–Trinajstić information content (AvgIpc) is 3.13. The van der Waals surface area contributed by atoms with Gasteiger partial charge in [-0.15, -0.1) is 0 Å². The van der Waals surface area contributed by atoms with Gasteiger partial charge in [0.1, 0.15) is 5.52 Å². The molecule has 0 unspecified atom stereocenters. The Morgan fingerprint density at radius 2 is 2.00 bits per heavy atom. The van der Waals surface area contributed by atoms with Crippen molar-refractivity contribution in [1.29, 1.82) is 0 Å². The zero-order valence-electron chi connectivity index (χ0n) is 14.9. The molecule has 6 nitrogen and oxygen atoms in total. The van der Waals surface area contributed by atoms with Crippen molar-refractivity contribution in [2.24, 2.45) is 0 Å². The maximum Gasteiger partial charge on any atom is 0.258 e. The fourth-order valence-electron chi connectivity index (χ4n) is 2.66. The van der Waals surface area contributed by atoms with Crippen LogP contribution in [-0.2, 0) is 0 Å². The Morgan fingerprint density at radius 3 is 2.80 bits per heavy atom. The predicted molar refractivity (Wildman–Crippen MR) is 133 cm³/mol. The fourth-order valence-corrected chi connectivity index (χ4v) is 3.93. The van der Waals surface area contributed by atoms with Crippen LogP contribution >= 0.6 is 62.3 Å². The number of aromatic nitrogens is 2. The monoisotopic (exact) mass is 612 g/mol. The highest BCUT2D eigenvalue weighted by Crippen LogP contribution is 2.27. The van der Waals surface area contributed by atoms with E-state index in [4.69, 9.17) is 28.2 Å². The van der Waals surface area contributed by atoms with E-state index in [1.165, 1.54) is 0 Å². The normalized spacial score (nSPS) is 10.8. The van der Waals surface area contributed by atoms with Crippen LogP contribution in [-0.4, -0.2) is 21.0 Å². The van der Waals surface area contributed by atoms with E-state index in [9.17, 15) is 4.79 Å². The van der Waals surface area contributed by atoms with Gasteiger partial charge in [0.15, 0.2) is 10.7 Å². The van der Waals surface area contributed by atoms with E-state index in [-0.39, 0.29) is 11.0 Å². The summed E-state index contributed by atoms with van der Waals surface area (Å²) in [5.74, 6) is 0.0723. The van der Waals surface area contributed by atoms with E-state index in [1.54, 1.807) is 42.7 Å². The molecule has 0 spiro atoms. The van der Waals surface area contributed by atoms with E-state index in [0.29, 0.717) is 33.3 Å². The molecule has 0 saturated heterocycles. The summed E-state index contributed by atoms with van der Waals surface area (Å²) in [5.41, 5.74) is 3.04. The second-order valence-corrected chi connectivity index (χ2v) is 9.10. The highest BCUT2D eigenvalue weighted by Gasteiger charge is 2.14. The number of hydrogen-bond donors (Lipinski definition) is 2. The minimum absolute atomic E-state index is 0.147. The lowest BCUT2D eigenvalue weighted by atomic mass is 10.2. The lowest BCUT2D eigenvalue weighted by Gasteiger charge is -2.10. The third-order valence-corrected chi connectivity index (χ3v) is 5.64. The number of halogens is 3. The molecule has 4 rings (SSSR count). The quantitative estimate of drug-likeness (QED) is 0.217. The van der Waals surface area contributed by atoms with Crippen LogP contribution < -0.4 is 10.6 Å². The number of pyridine rings is 1. The van der Waals surface area contributed by atoms with E-state index >= 15 is 0 Å². The minimum Gasteiger partial charge on any atom is -0.436 e. The number of amides is 1. The van der Waals surface area contributed by atoms with Crippen molar-refractivity contribution in [2.45, 2.75) is 0 Å². The third kappa shape index (κ3) is 4.80. The largest absolute Gasteiger partial charge is 0.436 e. The molecule has 150 valence electrons. The van der Waals surface area contributed by atoms with Crippen LogP contribution in [0, 0.1) is 3.57 Å². The van der Waals surface area contributed by atoms with E-state index in [0.717, 1.165) is 13.6 Å². The molecular weight excluding hydrogens is 603 g/mol. The molecule has 2 N–H and O–H groups in total. The first kappa shape index (κ1) is 21.2. The molecule has 30 heavy (non-hydrogen) atoms. The molecule has 2 aromatic heterocycles. The topological polar surface area (TPSA) is 80.0 Å². The Hall–Kier alpha value is -2.08. The summed E-state index contributed by atoms with van der Waals surface area (Å²) in [6.07, 6.45) is 3.36. The Kier molecular flexibility index (Phi) is 6.32. The zero-order chi connectivity index (χ0) is 21.3. The number of hydrogen-bond acceptors (Lipinski definition) is 5. The molecule has 1 amide bonds. The summed E-state index contributed by atoms with van der Waals surface area (Å²) in [7, 11) is 0. The van der Waals surface area contributed by atoms with Gasteiger partial charge in [-0.1, -0.05) is 11.6 Å². The second-order valence-electron chi connectivity index (χ2n) is 6.13. The first-order valence-corrected chi connectivity index (χ1v) is 11.1. The number of carbonyl (C=O) groups excluding carboxylic acids is 1. The second kappa shape index (κ2) is 8.96. The molecule has 10 heteroatoms. The Bertz CT molecular complexity index is 1300. The summed E-state index contributed by atoms with van der Waals surface area (Å²) < 4.78 is 7.53. The van der Waals surface area contributed by atoms with Gasteiger partial charge in [0.05, 0.1) is 16.1 Å². The van der Waals surface area contributed by atoms with Gasteiger partial charge in [-0.25, -0.2) is 4.98 Å². The fraction of sp³-hybridized carbons (Fsp3) is 0. The van der Waals surface area contributed by atoms with E-state index in [1.807, 2.05) is 12.1 Å². The maximum atomic E-state index is 12.5. The number of carbonyl (C=O) groups is 1. The smallest absolute Gasteiger partial charge is 0.258 e. The van der Waals surface area contributed by atoms with E-state index in [2.05, 4.69) is 59.1 Å². The number of oxazole rings is 1. The first-order valence-electron chi connectivity index (χ1n) is 8.48. The van der Waals surface area contributed by atoms with Crippen LogP contribution in [0.5, 0.6) is 0 Å². The van der Waals surface area contributed by atoms with E-state index < -0.39 is 0 Å². The van der Waals surface area contributed by atoms with Crippen LogP contribution in [0.2, 0.25) is 5.02 Å². The molecule has 0 bridgehead atoms. The summed E-state index contributed by atoms with van der Waals surface area (Å²) in [6, 6.07) is 12.4. The number of benzene rings is 2. The van der Waals surface area contributed by atoms with Gasteiger partial charge in [-0.3, -0.25) is 15.1 Å². The molecule has 2 aromatic carbocycles. The number of rotatable bonds is 3. The lowest BCUT2D eigenvalue weighted by Crippen LogP contribution is -2.34. The zero-order valence-corrected chi connectivity index (χ0v) is 20.3. The molecule has 2 heterocycles. The van der Waals surface area contributed by atoms with Gasteiger partial charge in [-0.05, 0) is 93.2 Å². The van der Waals surface area contributed by atoms with Crippen molar-refractivity contribution in [3.05, 3.63) is 73.5 Å². The Labute approximate surface area is 203 Å². The van der Waals surface area contributed by atoms with Crippen LogP contribution in [0.1, 0.15) is 10.4 Å². The van der Waals surface area contributed by atoms with Crippen molar-refractivity contribution < 1.29 is 9.21 Å². The molecule has 0 aliphatic carbocycles. The molecule has 0 atom stereocenters. The predicted octanol–water partition coefficient (Wildman–Crippen LogP) is 6.04. The molecule has 0 radical (unpaired) electrons. The van der Waals surface area contributed by atoms with Crippen molar-refractivity contribution in [3.8, 4) is 11.5 Å². The number of anilines is 1. The summed E-state index contributed by atoms with van der Waals surface area (Å²) in [5, 5.41) is 6.12. The highest BCUT2D eigenvalue weighted by atomic mass is 127. The van der Waals surface area contributed by atoms with Gasteiger partial charge < -0.3 is 9.73 Å². The van der Waals surface area contributed by atoms with Crippen LogP contribution in [0.15, 0.2) is 63.7 Å². The van der Waals surface area contributed by atoms with Crippen LogP contribution in [0.4, 0.5) is 5.69 Å². The highest BCUT2D eigenvalue weighted by molar-refractivity contribution is 14.1. The minimum atomic E-state index is -0.386. The molecule has 0 aliphatic heterocycles. The number of fused-ring (bicyclic) bond motifs is 1. The molecule has 4 aromatic rings. The van der Waals surface area contributed by atoms with Gasteiger partial charge >= 0.3 is 0 Å². The molecular formula is C20H11BrClIN4O2S. The molecule has 0 fully saturated rings. The van der Waals surface area contributed by atoms with Gasteiger partial charge in [-0.2, -0.15) is 0 Å². The van der Waals surface area contributed by atoms with Gasteiger partial charge in [0.25, 0.3) is 5.91 Å². The Morgan fingerprint density at radius 1 is 1.17 bits per heavy atom. The summed E-state index contributed by atoms with van der Waals surface area (Å²) >= 11 is 16.9. The standard InChI is InChI=1S/C20H11BrClIN4O2S/c21-11-5-10(8-24-9-11)19-26-16-7-13(2-4-17(16)29-19)25-20(30)27-18(28)14-6-12(23)1-3-15(14)22/h1-9H,(H2,25,27,28,30). The lowest BCUT2D eigenvalue weighted by molar-refractivity contribution is 0.0978. The van der Waals surface area contributed by atoms with Crippen molar-refractivity contribution >= 4 is 90.1 Å². The SMILES string of the molecule is O=C(NC(=S)Nc1ccc2oc(-c3cncc(Br)c3)nc2c1)c1cc(I)ccc1Cl. The average molecular weight is 614 g/mol. The van der Waals surface area contributed by atoms with Crippen molar-refractivity contribution in [2.75, 3.05) is 5.32 Å². The first-order chi connectivity index (χ1) is 14.4. The molecule has 0 saturated carbocycles. The Balaban J connectivity index is 1.50. The van der Waals surface area contributed by atoms with Crippen LogP contribution in [0.3, 0.4) is 0 Å².